The van der Waals surface area contributed by atoms with Crippen LogP contribution in [0.5, 0.6) is 0 Å². The average Bonchev–Trinajstić information content (AvgIpc) is 3.23. The normalized spacial score (nSPS) is 17.3. The van der Waals surface area contributed by atoms with Gasteiger partial charge in [-0.2, -0.15) is 5.26 Å². The second-order valence-electron chi connectivity index (χ2n) is 5.49. The van der Waals surface area contributed by atoms with Crippen LogP contribution in [0, 0.1) is 11.3 Å². The number of thioether (sulfide) groups is 1. The van der Waals surface area contributed by atoms with Crippen molar-refractivity contribution in [1.82, 2.24) is 9.55 Å². The molecule has 2 aromatic rings. The molecule has 0 spiro atoms. The van der Waals surface area contributed by atoms with E-state index >= 15 is 0 Å². The molecule has 23 heavy (non-hydrogen) atoms. The van der Waals surface area contributed by atoms with Crippen molar-refractivity contribution in [2.75, 3.05) is 6.61 Å². The highest BCUT2D eigenvalue weighted by atomic mass is 32.2. The van der Waals surface area contributed by atoms with E-state index in [2.05, 4.69) is 11.1 Å². The SMILES string of the molecule is N#Cc1ccccc1CSc1ncc(CO)n1CC1CCCO1. The van der Waals surface area contributed by atoms with Crippen molar-refractivity contribution < 1.29 is 9.84 Å². The Morgan fingerprint density at radius 1 is 1.43 bits per heavy atom. The van der Waals surface area contributed by atoms with Gasteiger partial charge < -0.3 is 14.4 Å². The molecule has 1 atom stereocenters. The minimum atomic E-state index is -0.0327. The van der Waals surface area contributed by atoms with Crippen LogP contribution >= 0.6 is 11.8 Å². The summed E-state index contributed by atoms with van der Waals surface area (Å²) in [6.45, 7) is 1.50. The van der Waals surface area contributed by atoms with Gasteiger partial charge >= 0.3 is 0 Å². The number of imidazole rings is 1. The van der Waals surface area contributed by atoms with Crippen LogP contribution in [0.25, 0.3) is 0 Å². The Morgan fingerprint density at radius 3 is 3.04 bits per heavy atom. The Kier molecular flexibility index (Phi) is 5.34. The molecule has 2 heterocycles. The molecule has 5 nitrogen and oxygen atoms in total. The first-order chi connectivity index (χ1) is 11.3. The molecule has 3 rings (SSSR count). The van der Waals surface area contributed by atoms with Crippen molar-refractivity contribution in [3.8, 4) is 6.07 Å². The molecule has 0 saturated carbocycles. The Morgan fingerprint density at radius 2 is 2.30 bits per heavy atom. The molecule has 0 aliphatic carbocycles. The molecular formula is C17H19N3O2S. The van der Waals surface area contributed by atoms with Gasteiger partial charge in [0.1, 0.15) is 0 Å². The molecular weight excluding hydrogens is 310 g/mol. The maximum absolute atomic E-state index is 9.52. The number of nitriles is 1. The van der Waals surface area contributed by atoms with Gasteiger partial charge in [0.2, 0.25) is 0 Å². The van der Waals surface area contributed by atoms with Crippen LogP contribution in [-0.2, 0) is 23.6 Å². The second-order valence-corrected chi connectivity index (χ2v) is 6.44. The van der Waals surface area contributed by atoms with E-state index in [9.17, 15) is 10.4 Å². The van der Waals surface area contributed by atoms with E-state index in [1.54, 1.807) is 18.0 Å². The lowest BCUT2D eigenvalue weighted by atomic mass is 10.1. The lowest BCUT2D eigenvalue weighted by molar-refractivity contribution is 0.0930. The Hall–Kier alpha value is -1.81. The van der Waals surface area contributed by atoms with E-state index in [0.29, 0.717) is 11.3 Å². The van der Waals surface area contributed by atoms with Crippen LogP contribution in [-0.4, -0.2) is 27.4 Å². The summed E-state index contributed by atoms with van der Waals surface area (Å²) in [5, 5.41) is 19.6. The quantitative estimate of drug-likeness (QED) is 0.825. The molecule has 0 radical (unpaired) electrons. The number of benzene rings is 1. The van der Waals surface area contributed by atoms with Gasteiger partial charge in [-0.1, -0.05) is 30.0 Å². The van der Waals surface area contributed by atoms with Gasteiger partial charge in [-0.3, -0.25) is 0 Å². The number of aliphatic hydroxyl groups is 1. The van der Waals surface area contributed by atoms with Crippen molar-refractivity contribution in [3.63, 3.8) is 0 Å². The topological polar surface area (TPSA) is 71.1 Å². The van der Waals surface area contributed by atoms with E-state index in [-0.39, 0.29) is 12.7 Å². The van der Waals surface area contributed by atoms with E-state index in [1.807, 2.05) is 28.8 Å². The van der Waals surface area contributed by atoms with Gasteiger partial charge in [0.25, 0.3) is 0 Å². The van der Waals surface area contributed by atoms with Crippen molar-refractivity contribution in [2.24, 2.45) is 0 Å². The minimum Gasteiger partial charge on any atom is -0.390 e. The number of hydrogen-bond acceptors (Lipinski definition) is 5. The maximum atomic E-state index is 9.52. The van der Waals surface area contributed by atoms with E-state index in [0.717, 1.165) is 42.4 Å². The molecule has 1 aliphatic heterocycles. The highest BCUT2D eigenvalue weighted by molar-refractivity contribution is 7.98. The zero-order valence-corrected chi connectivity index (χ0v) is 13.6. The smallest absolute Gasteiger partial charge is 0.168 e. The summed E-state index contributed by atoms with van der Waals surface area (Å²) in [7, 11) is 0. The summed E-state index contributed by atoms with van der Waals surface area (Å²) < 4.78 is 7.73. The standard InChI is InChI=1S/C17H19N3O2S/c18-8-13-4-1-2-5-14(13)12-23-17-19-9-15(11-21)20(17)10-16-6-3-7-22-16/h1-2,4-5,9,16,21H,3,6-7,10-12H2. The van der Waals surface area contributed by atoms with Crippen LogP contribution in [0.3, 0.4) is 0 Å². The van der Waals surface area contributed by atoms with Crippen LogP contribution in [0.1, 0.15) is 29.7 Å². The first-order valence-corrected chi connectivity index (χ1v) is 8.68. The summed E-state index contributed by atoms with van der Waals surface area (Å²) in [6.07, 6.45) is 4.05. The van der Waals surface area contributed by atoms with Crippen molar-refractivity contribution >= 4 is 11.8 Å². The molecule has 0 bridgehead atoms. The molecule has 1 saturated heterocycles. The van der Waals surface area contributed by atoms with Gasteiger partial charge in [-0.15, -0.1) is 0 Å². The van der Waals surface area contributed by atoms with Crippen LogP contribution in [0.4, 0.5) is 0 Å². The van der Waals surface area contributed by atoms with E-state index in [1.165, 1.54) is 0 Å². The molecule has 1 N–H and O–H groups in total. The third-order valence-corrected chi connectivity index (χ3v) is 5.01. The lowest BCUT2D eigenvalue weighted by Gasteiger charge is -2.15. The van der Waals surface area contributed by atoms with Gasteiger partial charge in [-0.25, -0.2) is 4.98 Å². The van der Waals surface area contributed by atoms with E-state index in [4.69, 9.17) is 4.74 Å². The van der Waals surface area contributed by atoms with Crippen molar-refractivity contribution in [1.29, 1.82) is 5.26 Å². The van der Waals surface area contributed by atoms with Crippen molar-refractivity contribution in [3.05, 3.63) is 47.3 Å². The third kappa shape index (κ3) is 3.75. The molecule has 1 unspecified atom stereocenters. The first-order valence-electron chi connectivity index (χ1n) is 7.69. The maximum Gasteiger partial charge on any atom is 0.168 e. The molecule has 1 aromatic heterocycles. The van der Waals surface area contributed by atoms with E-state index < -0.39 is 0 Å². The lowest BCUT2D eigenvalue weighted by Crippen LogP contribution is -2.17. The summed E-state index contributed by atoms with van der Waals surface area (Å²) >= 11 is 1.58. The van der Waals surface area contributed by atoms with Gasteiger partial charge in [0.05, 0.1) is 42.8 Å². The third-order valence-electron chi connectivity index (χ3n) is 3.97. The number of aromatic nitrogens is 2. The number of rotatable bonds is 6. The predicted molar refractivity (Wildman–Crippen MR) is 87.8 cm³/mol. The number of ether oxygens (including phenoxy) is 1. The fraction of sp³-hybridized carbons (Fsp3) is 0.412. The highest BCUT2D eigenvalue weighted by Crippen LogP contribution is 2.26. The highest BCUT2D eigenvalue weighted by Gasteiger charge is 2.20. The predicted octanol–water partition coefficient (Wildman–Crippen LogP) is 2.72. The van der Waals surface area contributed by atoms with Crippen LogP contribution in [0.2, 0.25) is 0 Å². The van der Waals surface area contributed by atoms with Gasteiger partial charge in [0, 0.05) is 12.4 Å². The molecule has 1 fully saturated rings. The second kappa shape index (κ2) is 7.64. The Labute approximate surface area is 139 Å². The molecule has 1 aliphatic rings. The summed E-state index contributed by atoms with van der Waals surface area (Å²) in [5.41, 5.74) is 2.49. The largest absolute Gasteiger partial charge is 0.390 e. The van der Waals surface area contributed by atoms with Crippen LogP contribution < -0.4 is 0 Å². The van der Waals surface area contributed by atoms with Crippen LogP contribution in [0.15, 0.2) is 35.6 Å². The summed E-state index contributed by atoms with van der Waals surface area (Å²) in [4.78, 5) is 4.43. The average molecular weight is 329 g/mol. The zero-order valence-electron chi connectivity index (χ0n) is 12.8. The molecule has 1 aromatic carbocycles. The summed E-state index contributed by atoms with van der Waals surface area (Å²) in [5.74, 6) is 0.678. The number of nitrogens with zero attached hydrogens (tertiary/aromatic N) is 3. The van der Waals surface area contributed by atoms with Crippen molar-refractivity contribution in [2.45, 2.75) is 43.0 Å². The fourth-order valence-corrected chi connectivity index (χ4v) is 3.73. The minimum absolute atomic E-state index is 0.0327. The van der Waals surface area contributed by atoms with Gasteiger partial charge in [-0.05, 0) is 24.5 Å². The molecule has 6 heteroatoms. The monoisotopic (exact) mass is 329 g/mol. The Balaban J connectivity index is 1.74. The zero-order chi connectivity index (χ0) is 16.1. The molecule has 0 amide bonds. The Bertz CT molecular complexity index is 702. The number of aliphatic hydroxyl groups excluding tert-OH is 1. The number of hydrogen-bond donors (Lipinski definition) is 1. The first kappa shape index (κ1) is 16.1. The summed E-state index contributed by atoms with van der Waals surface area (Å²) in [6, 6.07) is 9.82. The molecule has 120 valence electrons. The fourth-order valence-electron chi connectivity index (χ4n) is 2.72. The van der Waals surface area contributed by atoms with Gasteiger partial charge in [0.15, 0.2) is 5.16 Å².